The molecular formula is C21H22N4O5. The van der Waals surface area contributed by atoms with Gasteiger partial charge in [-0.1, -0.05) is 35.5 Å². The molecule has 0 N–H and O–H groups in total. The number of nitrogens with zero attached hydrogens (tertiary/aromatic N) is 4. The molecule has 1 amide bonds. The van der Waals surface area contributed by atoms with E-state index in [4.69, 9.17) is 13.7 Å². The van der Waals surface area contributed by atoms with Gasteiger partial charge in [-0.25, -0.2) is 0 Å². The molecule has 9 nitrogen and oxygen atoms in total. The van der Waals surface area contributed by atoms with Crippen LogP contribution in [0.3, 0.4) is 0 Å². The van der Waals surface area contributed by atoms with E-state index in [1.807, 2.05) is 44.2 Å². The standard InChI is InChI=1S/C21H22N4O5/c1-12(2)25-10-15(9-17(25)26)21(27)28-11-16-22-23-20(29-16)18-13(3)30-24-19(18)14-7-5-4-6-8-14/h4-8,12,15H,9-11H2,1-3H3. The average Bonchev–Trinajstić information content (AvgIpc) is 3.45. The van der Waals surface area contributed by atoms with Gasteiger partial charge in [0.25, 0.3) is 11.8 Å². The van der Waals surface area contributed by atoms with E-state index in [2.05, 4.69) is 15.4 Å². The monoisotopic (exact) mass is 410 g/mol. The molecule has 156 valence electrons. The summed E-state index contributed by atoms with van der Waals surface area (Å²) in [5.41, 5.74) is 2.05. The first kappa shape index (κ1) is 19.8. The highest BCUT2D eigenvalue weighted by Gasteiger charge is 2.36. The number of carbonyl (C=O) groups is 2. The van der Waals surface area contributed by atoms with Crippen LogP contribution in [0.15, 0.2) is 39.3 Å². The summed E-state index contributed by atoms with van der Waals surface area (Å²) in [5.74, 6) is -0.0314. The largest absolute Gasteiger partial charge is 0.455 e. The Morgan fingerprint density at radius 2 is 2.03 bits per heavy atom. The van der Waals surface area contributed by atoms with Crippen molar-refractivity contribution in [2.24, 2.45) is 5.92 Å². The number of aromatic nitrogens is 3. The third kappa shape index (κ3) is 3.83. The molecule has 9 heteroatoms. The molecule has 4 rings (SSSR count). The summed E-state index contributed by atoms with van der Waals surface area (Å²) in [6, 6.07) is 9.57. The molecule has 0 saturated carbocycles. The van der Waals surface area contributed by atoms with E-state index >= 15 is 0 Å². The molecule has 2 aromatic heterocycles. The van der Waals surface area contributed by atoms with E-state index < -0.39 is 11.9 Å². The Bertz CT molecular complexity index is 1060. The molecule has 1 saturated heterocycles. The SMILES string of the molecule is Cc1onc(-c2ccccc2)c1-c1nnc(COC(=O)C2CC(=O)N(C(C)C)C2)o1. The van der Waals surface area contributed by atoms with E-state index in [1.54, 1.807) is 11.8 Å². The molecule has 1 aliphatic heterocycles. The minimum Gasteiger partial charge on any atom is -0.455 e. The maximum absolute atomic E-state index is 12.3. The second-order valence-electron chi connectivity index (χ2n) is 7.48. The van der Waals surface area contributed by atoms with Crippen LogP contribution in [0.25, 0.3) is 22.7 Å². The first-order valence-corrected chi connectivity index (χ1v) is 9.74. The summed E-state index contributed by atoms with van der Waals surface area (Å²) in [6.45, 7) is 5.80. The van der Waals surface area contributed by atoms with Crippen LogP contribution in [0.4, 0.5) is 0 Å². The maximum Gasteiger partial charge on any atom is 0.311 e. The van der Waals surface area contributed by atoms with E-state index in [-0.39, 0.29) is 36.8 Å². The van der Waals surface area contributed by atoms with Crippen molar-refractivity contribution in [3.63, 3.8) is 0 Å². The minimum atomic E-state index is -0.479. The lowest BCUT2D eigenvalue weighted by Crippen LogP contribution is -2.33. The van der Waals surface area contributed by atoms with Crippen LogP contribution in [0.1, 0.15) is 31.9 Å². The van der Waals surface area contributed by atoms with Gasteiger partial charge in [-0.3, -0.25) is 9.59 Å². The minimum absolute atomic E-state index is 0.0385. The summed E-state index contributed by atoms with van der Waals surface area (Å²) >= 11 is 0. The Morgan fingerprint density at radius 1 is 1.27 bits per heavy atom. The van der Waals surface area contributed by atoms with Crippen molar-refractivity contribution in [3.05, 3.63) is 42.0 Å². The van der Waals surface area contributed by atoms with Crippen LogP contribution in [-0.2, 0) is 20.9 Å². The number of esters is 1. The topological polar surface area (TPSA) is 112 Å². The van der Waals surface area contributed by atoms with E-state index in [0.29, 0.717) is 23.6 Å². The van der Waals surface area contributed by atoms with Gasteiger partial charge >= 0.3 is 5.97 Å². The Labute approximate surface area is 173 Å². The number of benzene rings is 1. The van der Waals surface area contributed by atoms with E-state index in [1.165, 1.54) is 0 Å². The number of hydrogen-bond donors (Lipinski definition) is 0. The molecule has 1 aliphatic rings. The van der Waals surface area contributed by atoms with E-state index in [0.717, 1.165) is 5.56 Å². The molecule has 0 radical (unpaired) electrons. The lowest BCUT2D eigenvalue weighted by Gasteiger charge is -2.20. The van der Waals surface area contributed by atoms with Crippen molar-refractivity contribution in [2.45, 2.75) is 39.8 Å². The van der Waals surface area contributed by atoms with E-state index in [9.17, 15) is 9.59 Å². The van der Waals surface area contributed by atoms with Gasteiger partial charge in [-0.05, 0) is 20.8 Å². The Kier molecular flexibility index (Phi) is 5.35. The third-order valence-electron chi connectivity index (χ3n) is 5.04. The molecule has 1 unspecified atom stereocenters. The van der Waals surface area contributed by atoms with Gasteiger partial charge in [0.15, 0.2) is 6.61 Å². The van der Waals surface area contributed by atoms with Gasteiger partial charge in [0, 0.05) is 24.6 Å². The van der Waals surface area contributed by atoms with Gasteiger partial charge < -0.3 is 18.6 Å². The van der Waals surface area contributed by atoms with Crippen LogP contribution in [0, 0.1) is 12.8 Å². The Morgan fingerprint density at radius 3 is 2.73 bits per heavy atom. The molecule has 30 heavy (non-hydrogen) atoms. The zero-order valence-corrected chi connectivity index (χ0v) is 17.0. The third-order valence-corrected chi connectivity index (χ3v) is 5.04. The maximum atomic E-state index is 12.3. The number of carbonyl (C=O) groups excluding carboxylic acids is 2. The molecule has 0 aliphatic carbocycles. The fourth-order valence-electron chi connectivity index (χ4n) is 3.47. The van der Waals surface area contributed by atoms with Crippen molar-refractivity contribution in [2.75, 3.05) is 6.54 Å². The fraction of sp³-hybridized carbons (Fsp3) is 0.381. The van der Waals surface area contributed by atoms with Crippen molar-refractivity contribution < 1.29 is 23.3 Å². The lowest BCUT2D eigenvalue weighted by atomic mass is 10.1. The van der Waals surface area contributed by atoms with Crippen molar-refractivity contribution >= 4 is 11.9 Å². The quantitative estimate of drug-likeness (QED) is 0.570. The summed E-state index contributed by atoms with van der Waals surface area (Å²) in [7, 11) is 0. The van der Waals surface area contributed by atoms with Gasteiger partial charge in [-0.2, -0.15) is 0 Å². The summed E-state index contributed by atoms with van der Waals surface area (Å²) < 4.78 is 16.3. The van der Waals surface area contributed by atoms with Gasteiger partial charge in [0.2, 0.25) is 5.91 Å². The van der Waals surface area contributed by atoms with Crippen molar-refractivity contribution in [1.29, 1.82) is 0 Å². The highest BCUT2D eigenvalue weighted by atomic mass is 16.5. The van der Waals surface area contributed by atoms with Crippen molar-refractivity contribution in [1.82, 2.24) is 20.3 Å². The molecule has 1 atom stereocenters. The lowest BCUT2D eigenvalue weighted by molar-refractivity contribution is -0.150. The number of hydrogen-bond acceptors (Lipinski definition) is 8. The molecule has 0 spiro atoms. The molecule has 3 heterocycles. The second-order valence-corrected chi connectivity index (χ2v) is 7.48. The van der Waals surface area contributed by atoms with Gasteiger partial charge in [0.05, 0.1) is 5.92 Å². The van der Waals surface area contributed by atoms with Gasteiger partial charge in [0.1, 0.15) is 17.0 Å². The van der Waals surface area contributed by atoms with Crippen LogP contribution < -0.4 is 0 Å². The summed E-state index contributed by atoms with van der Waals surface area (Å²) in [4.78, 5) is 26.0. The highest BCUT2D eigenvalue weighted by Crippen LogP contribution is 2.33. The number of aryl methyl sites for hydroxylation is 1. The molecular weight excluding hydrogens is 388 g/mol. The number of ether oxygens (including phenoxy) is 1. The van der Waals surface area contributed by atoms with Crippen LogP contribution in [0.2, 0.25) is 0 Å². The molecule has 1 aromatic carbocycles. The number of likely N-dealkylation sites (tertiary alicyclic amines) is 1. The predicted molar refractivity (Wildman–Crippen MR) is 105 cm³/mol. The number of rotatable bonds is 6. The first-order valence-electron chi connectivity index (χ1n) is 9.74. The Hall–Kier alpha value is -3.49. The predicted octanol–water partition coefficient (Wildman–Crippen LogP) is 3.00. The zero-order valence-electron chi connectivity index (χ0n) is 17.0. The summed E-state index contributed by atoms with van der Waals surface area (Å²) in [5, 5.41) is 12.1. The van der Waals surface area contributed by atoms with Gasteiger partial charge in [-0.15, -0.1) is 10.2 Å². The van der Waals surface area contributed by atoms with Crippen LogP contribution >= 0.6 is 0 Å². The smallest absolute Gasteiger partial charge is 0.311 e. The summed E-state index contributed by atoms with van der Waals surface area (Å²) in [6.07, 6.45) is 0.159. The van der Waals surface area contributed by atoms with Crippen LogP contribution in [0.5, 0.6) is 0 Å². The molecule has 0 bridgehead atoms. The van der Waals surface area contributed by atoms with Crippen molar-refractivity contribution in [3.8, 4) is 22.7 Å². The normalized spacial score (nSPS) is 16.5. The Balaban J connectivity index is 1.44. The number of amides is 1. The zero-order chi connectivity index (χ0) is 21.3. The van der Waals surface area contributed by atoms with Crippen LogP contribution in [-0.4, -0.2) is 44.7 Å². The fourth-order valence-corrected chi connectivity index (χ4v) is 3.47. The highest BCUT2D eigenvalue weighted by molar-refractivity contribution is 5.87. The average molecular weight is 410 g/mol. The molecule has 3 aromatic rings. The first-order chi connectivity index (χ1) is 14.4. The second kappa shape index (κ2) is 8.10. The molecule has 1 fully saturated rings.